The van der Waals surface area contributed by atoms with Gasteiger partial charge < -0.3 is 15.4 Å². The number of carbonyl (C=O) groups is 2. The summed E-state index contributed by atoms with van der Waals surface area (Å²) in [5.74, 6) is -0.518. The lowest BCUT2D eigenvalue weighted by molar-refractivity contribution is -0.134. The van der Waals surface area contributed by atoms with Gasteiger partial charge in [-0.05, 0) is 13.8 Å². The SMILES string of the molecule is CNC(=O)C(C)NC(=O)C(C)OC. The Bertz CT molecular complexity index is 194. The summed E-state index contributed by atoms with van der Waals surface area (Å²) in [6, 6.07) is -0.532. The van der Waals surface area contributed by atoms with Crippen LogP contribution < -0.4 is 10.6 Å². The molecule has 0 aliphatic heterocycles. The molecule has 0 rings (SSSR count). The van der Waals surface area contributed by atoms with Gasteiger partial charge in [-0.3, -0.25) is 9.59 Å². The molecule has 2 N–H and O–H groups in total. The van der Waals surface area contributed by atoms with Crippen LogP contribution in [-0.4, -0.2) is 38.1 Å². The third kappa shape index (κ3) is 3.89. The highest BCUT2D eigenvalue weighted by atomic mass is 16.5. The molecule has 0 heterocycles. The molecule has 0 radical (unpaired) electrons. The first-order chi connectivity index (χ1) is 6.02. The van der Waals surface area contributed by atoms with Gasteiger partial charge in [0.2, 0.25) is 11.8 Å². The fourth-order valence-electron chi connectivity index (χ4n) is 0.720. The molecule has 76 valence electrons. The number of amides is 2. The van der Waals surface area contributed by atoms with E-state index in [0.29, 0.717) is 0 Å². The summed E-state index contributed by atoms with van der Waals surface area (Å²) < 4.78 is 4.78. The highest BCUT2D eigenvalue weighted by Crippen LogP contribution is 1.89. The third-order valence-electron chi connectivity index (χ3n) is 1.72. The standard InChI is InChI=1S/C8H16N2O3/c1-5(7(11)9-3)10-8(12)6(2)13-4/h5-6H,1-4H3,(H,9,11)(H,10,12). The fraction of sp³-hybridized carbons (Fsp3) is 0.750. The maximum absolute atomic E-state index is 11.2. The minimum Gasteiger partial charge on any atom is -0.372 e. The molecular weight excluding hydrogens is 172 g/mol. The van der Waals surface area contributed by atoms with Crippen LogP contribution in [0.5, 0.6) is 0 Å². The fourth-order valence-corrected chi connectivity index (χ4v) is 0.720. The second-order valence-corrected chi connectivity index (χ2v) is 2.72. The lowest BCUT2D eigenvalue weighted by Crippen LogP contribution is -2.47. The summed E-state index contributed by atoms with van der Waals surface area (Å²) in [4.78, 5) is 22.2. The first-order valence-corrected chi connectivity index (χ1v) is 4.07. The molecule has 0 aromatic rings. The molecule has 0 saturated carbocycles. The van der Waals surface area contributed by atoms with Gasteiger partial charge in [-0.2, -0.15) is 0 Å². The number of rotatable bonds is 4. The van der Waals surface area contributed by atoms with E-state index in [1.807, 2.05) is 0 Å². The Balaban J connectivity index is 3.98. The van der Waals surface area contributed by atoms with E-state index < -0.39 is 12.1 Å². The summed E-state index contributed by atoms with van der Waals surface area (Å²) in [7, 11) is 2.96. The number of carbonyl (C=O) groups excluding carboxylic acids is 2. The molecule has 0 aromatic heterocycles. The Morgan fingerprint density at radius 2 is 1.77 bits per heavy atom. The third-order valence-corrected chi connectivity index (χ3v) is 1.72. The van der Waals surface area contributed by atoms with Gasteiger partial charge in [0.15, 0.2) is 0 Å². The van der Waals surface area contributed by atoms with Crippen LogP contribution in [0.15, 0.2) is 0 Å². The lowest BCUT2D eigenvalue weighted by Gasteiger charge is -2.15. The molecule has 2 atom stereocenters. The Morgan fingerprint density at radius 1 is 1.23 bits per heavy atom. The number of hydrogen-bond acceptors (Lipinski definition) is 3. The van der Waals surface area contributed by atoms with Crippen molar-refractivity contribution in [2.45, 2.75) is 26.0 Å². The normalized spacial score (nSPS) is 14.5. The number of hydrogen-bond donors (Lipinski definition) is 2. The topological polar surface area (TPSA) is 67.4 Å². The van der Waals surface area contributed by atoms with Crippen LogP contribution >= 0.6 is 0 Å². The Hall–Kier alpha value is -1.10. The van der Waals surface area contributed by atoms with Gasteiger partial charge in [0, 0.05) is 14.2 Å². The second kappa shape index (κ2) is 5.53. The number of ether oxygens (including phenoxy) is 1. The minimum absolute atomic E-state index is 0.225. The molecule has 2 amide bonds. The van der Waals surface area contributed by atoms with E-state index in [2.05, 4.69) is 10.6 Å². The van der Waals surface area contributed by atoms with Crippen molar-refractivity contribution in [2.24, 2.45) is 0 Å². The van der Waals surface area contributed by atoms with Gasteiger partial charge in [-0.25, -0.2) is 0 Å². The van der Waals surface area contributed by atoms with Gasteiger partial charge in [0.25, 0.3) is 0 Å². The monoisotopic (exact) mass is 188 g/mol. The Morgan fingerprint density at radius 3 is 2.15 bits per heavy atom. The minimum atomic E-state index is -0.535. The van der Waals surface area contributed by atoms with E-state index in [0.717, 1.165) is 0 Å². The second-order valence-electron chi connectivity index (χ2n) is 2.72. The summed E-state index contributed by atoms with van der Waals surface area (Å²) in [5, 5.41) is 4.94. The zero-order valence-corrected chi connectivity index (χ0v) is 8.38. The van der Waals surface area contributed by atoms with Gasteiger partial charge in [0.05, 0.1) is 0 Å². The van der Waals surface area contributed by atoms with Crippen molar-refractivity contribution in [3.63, 3.8) is 0 Å². The number of methoxy groups -OCH3 is 1. The van der Waals surface area contributed by atoms with E-state index in [1.165, 1.54) is 14.2 Å². The van der Waals surface area contributed by atoms with Crippen molar-refractivity contribution in [1.82, 2.24) is 10.6 Å². The molecule has 0 aliphatic rings. The van der Waals surface area contributed by atoms with Crippen molar-refractivity contribution in [1.29, 1.82) is 0 Å². The number of likely N-dealkylation sites (N-methyl/N-ethyl adjacent to an activating group) is 1. The molecule has 0 spiro atoms. The summed E-state index contributed by atoms with van der Waals surface area (Å²) in [5.41, 5.74) is 0. The van der Waals surface area contributed by atoms with Crippen LogP contribution in [0, 0.1) is 0 Å². The molecule has 0 aliphatic carbocycles. The van der Waals surface area contributed by atoms with E-state index in [1.54, 1.807) is 13.8 Å². The van der Waals surface area contributed by atoms with Crippen molar-refractivity contribution >= 4 is 11.8 Å². The maximum atomic E-state index is 11.2. The molecule has 13 heavy (non-hydrogen) atoms. The Kier molecular flexibility index (Phi) is 5.06. The van der Waals surface area contributed by atoms with E-state index >= 15 is 0 Å². The quantitative estimate of drug-likeness (QED) is 0.611. The Labute approximate surface area is 77.8 Å². The van der Waals surface area contributed by atoms with Crippen LogP contribution in [0.2, 0.25) is 0 Å². The predicted octanol–water partition coefficient (Wildman–Crippen LogP) is -0.728. The summed E-state index contributed by atoms with van der Waals surface area (Å²) >= 11 is 0. The van der Waals surface area contributed by atoms with Gasteiger partial charge in [-0.15, -0.1) is 0 Å². The smallest absolute Gasteiger partial charge is 0.249 e. The zero-order chi connectivity index (χ0) is 10.4. The van der Waals surface area contributed by atoms with Gasteiger partial charge in [0.1, 0.15) is 12.1 Å². The highest BCUT2D eigenvalue weighted by Gasteiger charge is 2.17. The first kappa shape index (κ1) is 11.9. The van der Waals surface area contributed by atoms with Crippen molar-refractivity contribution in [3.05, 3.63) is 0 Å². The lowest BCUT2D eigenvalue weighted by atomic mass is 10.3. The summed E-state index contributed by atoms with van der Waals surface area (Å²) in [6.45, 7) is 3.23. The largest absolute Gasteiger partial charge is 0.372 e. The van der Waals surface area contributed by atoms with Gasteiger partial charge >= 0.3 is 0 Å². The molecule has 0 aromatic carbocycles. The van der Waals surface area contributed by atoms with E-state index in [9.17, 15) is 9.59 Å². The molecule has 5 heteroatoms. The summed E-state index contributed by atoms with van der Waals surface area (Å²) in [6.07, 6.45) is -0.535. The molecule has 0 saturated heterocycles. The van der Waals surface area contributed by atoms with Crippen molar-refractivity contribution < 1.29 is 14.3 Å². The molecule has 0 bridgehead atoms. The number of nitrogens with one attached hydrogen (secondary N) is 2. The maximum Gasteiger partial charge on any atom is 0.249 e. The van der Waals surface area contributed by atoms with Crippen LogP contribution in [0.4, 0.5) is 0 Å². The first-order valence-electron chi connectivity index (χ1n) is 4.07. The molecule has 5 nitrogen and oxygen atoms in total. The predicted molar refractivity (Wildman–Crippen MR) is 48.1 cm³/mol. The average Bonchev–Trinajstić information content (AvgIpc) is 2.14. The molecule has 2 unspecified atom stereocenters. The van der Waals surface area contributed by atoms with Crippen LogP contribution in [0.25, 0.3) is 0 Å². The molecule has 0 fully saturated rings. The average molecular weight is 188 g/mol. The zero-order valence-electron chi connectivity index (χ0n) is 8.38. The van der Waals surface area contributed by atoms with Gasteiger partial charge in [-0.1, -0.05) is 0 Å². The van der Waals surface area contributed by atoms with Crippen LogP contribution in [0.1, 0.15) is 13.8 Å². The van der Waals surface area contributed by atoms with Crippen molar-refractivity contribution in [2.75, 3.05) is 14.2 Å². The molecular formula is C8H16N2O3. The van der Waals surface area contributed by atoms with E-state index in [-0.39, 0.29) is 11.8 Å². The van der Waals surface area contributed by atoms with Crippen molar-refractivity contribution in [3.8, 4) is 0 Å². The van der Waals surface area contributed by atoms with Crippen LogP contribution in [0.3, 0.4) is 0 Å². The van der Waals surface area contributed by atoms with E-state index in [4.69, 9.17) is 4.74 Å². The highest BCUT2D eigenvalue weighted by molar-refractivity contribution is 5.88. The van der Waals surface area contributed by atoms with Crippen LogP contribution in [-0.2, 0) is 14.3 Å².